The Morgan fingerprint density at radius 2 is 2.33 bits per heavy atom. The Bertz CT molecular complexity index is 421. The van der Waals surface area contributed by atoms with E-state index in [2.05, 4.69) is 42.4 Å². The zero-order valence-corrected chi connectivity index (χ0v) is 11.8. The summed E-state index contributed by atoms with van der Waals surface area (Å²) in [4.78, 5) is 0. The third-order valence-corrected chi connectivity index (χ3v) is 3.73. The van der Waals surface area contributed by atoms with Crippen molar-refractivity contribution >= 4 is 0 Å². The van der Waals surface area contributed by atoms with Gasteiger partial charge >= 0.3 is 0 Å². The summed E-state index contributed by atoms with van der Waals surface area (Å²) in [5.41, 5.74) is 1.53. The van der Waals surface area contributed by atoms with Crippen LogP contribution in [-0.2, 0) is 7.05 Å². The summed E-state index contributed by atoms with van der Waals surface area (Å²) < 4.78 is 1.98. The lowest BCUT2D eigenvalue weighted by atomic mass is 9.83. The van der Waals surface area contributed by atoms with Gasteiger partial charge in [0.2, 0.25) is 0 Å². The van der Waals surface area contributed by atoms with Crippen LogP contribution in [0.2, 0.25) is 0 Å². The van der Waals surface area contributed by atoms with E-state index in [0.717, 1.165) is 24.2 Å². The lowest BCUT2D eigenvalue weighted by molar-refractivity contribution is 0.361. The minimum atomic E-state index is 0.263. The van der Waals surface area contributed by atoms with E-state index in [4.69, 9.17) is 0 Å². The van der Waals surface area contributed by atoms with Gasteiger partial charge in [-0.15, -0.1) is 10.2 Å². The molecule has 1 aliphatic carbocycles. The molecule has 0 bridgehead atoms. The third-order valence-electron chi connectivity index (χ3n) is 3.73. The second-order valence-corrected chi connectivity index (χ2v) is 5.73. The number of nitrogens with zero attached hydrogens (tertiary/aromatic N) is 3. The van der Waals surface area contributed by atoms with Crippen LogP contribution in [0.5, 0.6) is 0 Å². The highest BCUT2D eigenvalue weighted by atomic mass is 15.3. The standard InChI is InChI=1S/C14H24N4/c1-10-5-11(2)7-13(6-10)8-15-12(3)14-17-16-9-18(14)4/h5,9-10,12-13,15H,6-8H2,1-4H3. The van der Waals surface area contributed by atoms with Gasteiger partial charge < -0.3 is 9.88 Å². The maximum Gasteiger partial charge on any atom is 0.149 e. The van der Waals surface area contributed by atoms with Crippen LogP contribution < -0.4 is 5.32 Å². The molecule has 3 atom stereocenters. The van der Waals surface area contributed by atoms with Crippen molar-refractivity contribution in [2.45, 2.75) is 39.7 Å². The molecule has 0 saturated heterocycles. The molecule has 0 spiro atoms. The molecule has 0 aromatic carbocycles. The lowest BCUT2D eigenvalue weighted by Crippen LogP contribution is -2.29. The van der Waals surface area contributed by atoms with Crippen molar-refractivity contribution in [3.63, 3.8) is 0 Å². The Kier molecular flexibility index (Phi) is 4.17. The quantitative estimate of drug-likeness (QED) is 0.832. The van der Waals surface area contributed by atoms with E-state index in [1.165, 1.54) is 18.4 Å². The van der Waals surface area contributed by atoms with Crippen LogP contribution in [-0.4, -0.2) is 21.3 Å². The van der Waals surface area contributed by atoms with E-state index in [9.17, 15) is 0 Å². The average Bonchev–Trinajstić information content (AvgIpc) is 2.71. The first-order valence-corrected chi connectivity index (χ1v) is 6.80. The molecule has 18 heavy (non-hydrogen) atoms. The second-order valence-electron chi connectivity index (χ2n) is 5.73. The number of aromatic nitrogens is 3. The van der Waals surface area contributed by atoms with Crippen molar-refractivity contribution in [1.29, 1.82) is 0 Å². The maximum absolute atomic E-state index is 4.15. The Morgan fingerprint density at radius 1 is 1.56 bits per heavy atom. The Labute approximate surface area is 109 Å². The Morgan fingerprint density at radius 3 is 2.94 bits per heavy atom. The number of nitrogens with one attached hydrogen (secondary N) is 1. The fourth-order valence-electron chi connectivity index (χ4n) is 2.96. The normalized spacial score (nSPS) is 25.9. The molecular weight excluding hydrogens is 224 g/mol. The maximum atomic E-state index is 4.15. The van der Waals surface area contributed by atoms with Gasteiger partial charge in [-0.3, -0.25) is 0 Å². The van der Waals surface area contributed by atoms with Crippen LogP contribution >= 0.6 is 0 Å². The topological polar surface area (TPSA) is 42.7 Å². The van der Waals surface area contributed by atoms with Crippen LogP contribution in [0, 0.1) is 11.8 Å². The average molecular weight is 248 g/mol. The van der Waals surface area contributed by atoms with E-state index in [-0.39, 0.29) is 6.04 Å². The molecule has 0 fully saturated rings. The van der Waals surface area contributed by atoms with Crippen molar-refractivity contribution in [3.8, 4) is 0 Å². The molecule has 1 aromatic heterocycles. The molecule has 4 nitrogen and oxygen atoms in total. The predicted octanol–water partition coefficient (Wildman–Crippen LogP) is 2.46. The van der Waals surface area contributed by atoms with Crippen LogP contribution in [0.3, 0.4) is 0 Å². The smallest absolute Gasteiger partial charge is 0.149 e. The van der Waals surface area contributed by atoms with Gasteiger partial charge in [0, 0.05) is 7.05 Å². The molecule has 0 aliphatic heterocycles. The summed E-state index contributed by atoms with van der Waals surface area (Å²) in [6.07, 6.45) is 6.67. The van der Waals surface area contributed by atoms with Crippen molar-refractivity contribution < 1.29 is 0 Å². The zero-order chi connectivity index (χ0) is 13.1. The van der Waals surface area contributed by atoms with E-state index >= 15 is 0 Å². The van der Waals surface area contributed by atoms with Crippen LogP contribution in [0.1, 0.15) is 45.5 Å². The van der Waals surface area contributed by atoms with Gasteiger partial charge in [-0.1, -0.05) is 18.6 Å². The molecule has 100 valence electrons. The molecule has 4 heteroatoms. The van der Waals surface area contributed by atoms with Crippen molar-refractivity contribution in [1.82, 2.24) is 20.1 Å². The highest BCUT2D eigenvalue weighted by molar-refractivity contribution is 5.06. The van der Waals surface area contributed by atoms with E-state index in [0.29, 0.717) is 0 Å². The summed E-state index contributed by atoms with van der Waals surface area (Å²) >= 11 is 0. The largest absolute Gasteiger partial charge is 0.319 e. The molecule has 0 radical (unpaired) electrons. The predicted molar refractivity (Wildman–Crippen MR) is 73.1 cm³/mol. The zero-order valence-electron chi connectivity index (χ0n) is 11.8. The Balaban J connectivity index is 1.85. The minimum absolute atomic E-state index is 0.263. The molecule has 3 unspecified atom stereocenters. The third kappa shape index (κ3) is 3.19. The summed E-state index contributed by atoms with van der Waals surface area (Å²) in [5.74, 6) is 2.47. The molecule has 1 aromatic rings. The van der Waals surface area contributed by atoms with E-state index < -0.39 is 0 Å². The molecule has 1 N–H and O–H groups in total. The van der Waals surface area contributed by atoms with Crippen molar-refractivity contribution in [2.75, 3.05) is 6.54 Å². The first-order valence-electron chi connectivity index (χ1n) is 6.80. The molecule has 1 aliphatic rings. The number of rotatable bonds is 4. The van der Waals surface area contributed by atoms with Gasteiger partial charge in [-0.2, -0.15) is 0 Å². The van der Waals surface area contributed by atoms with E-state index in [1.807, 2.05) is 11.6 Å². The summed E-state index contributed by atoms with van der Waals surface area (Å²) in [6.45, 7) is 7.76. The molecule has 0 amide bonds. The van der Waals surface area contributed by atoms with Gasteiger partial charge in [-0.25, -0.2) is 0 Å². The minimum Gasteiger partial charge on any atom is -0.319 e. The van der Waals surface area contributed by atoms with Gasteiger partial charge in [0.05, 0.1) is 6.04 Å². The van der Waals surface area contributed by atoms with Crippen molar-refractivity contribution in [3.05, 3.63) is 23.8 Å². The summed E-state index contributed by atoms with van der Waals surface area (Å²) in [7, 11) is 1.99. The number of allylic oxidation sites excluding steroid dienone is 2. The highest BCUT2D eigenvalue weighted by Crippen LogP contribution is 2.27. The number of hydrogen-bond donors (Lipinski definition) is 1. The van der Waals surface area contributed by atoms with Crippen LogP contribution in [0.15, 0.2) is 18.0 Å². The molecule has 2 rings (SSSR count). The van der Waals surface area contributed by atoms with E-state index in [1.54, 1.807) is 6.33 Å². The highest BCUT2D eigenvalue weighted by Gasteiger charge is 2.19. The Hall–Kier alpha value is -1.16. The van der Waals surface area contributed by atoms with Crippen molar-refractivity contribution in [2.24, 2.45) is 18.9 Å². The molecule has 0 saturated carbocycles. The number of hydrogen-bond acceptors (Lipinski definition) is 3. The fraction of sp³-hybridized carbons (Fsp3) is 0.714. The fourth-order valence-corrected chi connectivity index (χ4v) is 2.96. The monoisotopic (exact) mass is 248 g/mol. The lowest BCUT2D eigenvalue weighted by Gasteiger charge is -2.26. The second kappa shape index (κ2) is 5.65. The van der Waals surface area contributed by atoms with Gasteiger partial charge in [0.1, 0.15) is 12.2 Å². The van der Waals surface area contributed by atoms with Gasteiger partial charge in [0.15, 0.2) is 0 Å². The molecular formula is C14H24N4. The van der Waals surface area contributed by atoms with Crippen LogP contribution in [0.25, 0.3) is 0 Å². The SMILES string of the molecule is CC1=CC(C)CC(CNC(C)c2nncn2C)C1. The summed E-state index contributed by atoms with van der Waals surface area (Å²) in [6, 6.07) is 0.263. The van der Waals surface area contributed by atoms with Gasteiger partial charge in [0.25, 0.3) is 0 Å². The first-order chi connectivity index (χ1) is 8.56. The van der Waals surface area contributed by atoms with Gasteiger partial charge in [-0.05, 0) is 45.1 Å². The number of aryl methyl sites for hydroxylation is 1. The molecule has 1 heterocycles. The first kappa shape index (κ1) is 13.3. The summed E-state index contributed by atoms with van der Waals surface area (Å²) in [5, 5.41) is 11.7. The van der Waals surface area contributed by atoms with Crippen LogP contribution in [0.4, 0.5) is 0 Å².